The average molecular weight is 459 g/mol. The third-order valence-corrected chi connectivity index (χ3v) is 8.44. The van der Waals surface area contributed by atoms with Crippen LogP contribution in [0.3, 0.4) is 0 Å². The molecule has 1 aliphatic carbocycles. The van der Waals surface area contributed by atoms with E-state index in [2.05, 4.69) is 91.4 Å². The molecule has 0 N–H and O–H groups in total. The SMILES string of the molecule is CC=C1CCCC1N(C)CCC1(c2ccccc2)CCN(C(=O)C(C)Cc2ccccc2)CC1. The molecule has 1 heterocycles. The second kappa shape index (κ2) is 11.4. The lowest BCUT2D eigenvalue weighted by atomic mass is 9.70. The minimum Gasteiger partial charge on any atom is -0.342 e. The number of nitrogens with zero attached hydrogens (tertiary/aromatic N) is 2. The summed E-state index contributed by atoms with van der Waals surface area (Å²) in [6.07, 6.45) is 10.3. The van der Waals surface area contributed by atoms with Gasteiger partial charge in [-0.25, -0.2) is 0 Å². The Balaban J connectivity index is 1.41. The van der Waals surface area contributed by atoms with Crippen LogP contribution in [0.1, 0.15) is 63.5 Å². The summed E-state index contributed by atoms with van der Waals surface area (Å²) in [5.74, 6) is 0.339. The maximum absolute atomic E-state index is 13.3. The molecule has 2 aromatic rings. The van der Waals surface area contributed by atoms with E-state index in [9.17, 15) is 4.79 Å². The number of benzene rings is 2. The van der Waals surface area contributed by atoms with Crippen molar-refractivity contribution in [1.29, 1.82) is 0 Å². The lowest BCUT2D eigenvalue weighted by molar-refractivity contribution is -0.136. The third kappa shape index (κ3) is 5.63. The summed E-state index contributed by atoms with van der Waals surface area (Å²) in [4.78, 5) is 18.0. The number of rotatable bonds is 8. The average Bonchev–Trinajstić information content (AvgIpc) is 3.37. The number of carbonyl (C=O) groups is 1. The molecular formula is C31H42N2O. The molecule has 3 heteroatoms. The molecule has 3 nitrogen and oxygen atoms in total. The van der Waals surface area contributed by atoms with E-state index < -0.39 is 0 Å². The van der Waals surface area contributed by atoms with Crippen molar-refractivity contribution in [2.45, 2.75) is 70.3 Å². The quantitative estimate of drug-likeness (QED) is 0.437. The smallest absolute Gasteiger partial charge is 0.225 e. The highest BCUT2D eigenvalue weighted by atomic mass is 16.2. The summed E-state index contributed by atoms with van der Waals surface area (Å²) in [6, 6.07) is 22.1. The van der Waals surface area contributed by atoms with Crippen molar-refractivity contribution in [1.82, 2.24) is 9.80 Å². The molecule has 0 radical (unpaired) electrons. The fraction of sp³-hybridized carbons (Fsp3) is 0.516. The third-order valence-electron chi connectivity index (χ3n) is 8.44. The molecule has 2 aliphatic rings. The van der Waals surface area contributed by atoms with E-state index >= 15 is 0 Å². The number of amides is 1. The molecule has 2 fully saturated rings. The Bertz CT molecular complexity index is 944. The summed E-state index contributed by atoms with van der Waals surface area (Å²) < 4.78 is 0. The summed E-state index contributed by atoms with van der Waals surface area (Å²) in [7, 11) is 2.31. The zero-order chi connectivity index (χ0) is 24.0. The Morgan fingerprint density at radius 3 is 2.38 bits per heavy atom. The first kappa shape index (κ1) is 24.7. The molecule has 1 saturated carbocycles. The first-order chi connectivity index (χ1) is 16.5. The molecule has 1 amide bonds. The first-order valence-electron chi connectivity index (χ1n) is 13.3. The Hall–Kier alpha value is -2.39. The predicted molar refractivity (Wildman–Crippen MR) is 142 cm³/mol. The van der Waals surface area contributed by atoms with Gasteiger partial charge in [0, 0.05) is 25.0 Å². The van der Waals surface area contributed by atoms with Crippen LogP contribution in [0, 0.1) is 5.92 Å². The highest BCUT2D eigenvalue weighted by Gasteiger charge is 2.38. The Kier molecular flexibility index (Phi) is 8.26. The maximum Gasteiger partial charge on any atom is 0.225 e. The molecule has 182 valence electrons. The number of hydrogen-bond donors (Lipinski definition) is 0. The number of likely N-dealkylation sites (N-methyl/N-ethyl adjacent to an activating group) is 1. The van der Waals surface area contributed by atoms with Gasteiger partial charge in [0.05, 0.1) is 0 Å². The minimum absolute atomic E-state index is 0.0272. The second-order valence-corrected chi connectivity index (χ2v) is 10.6. The van der Waals surface area contributed by atoms with Crippen molar-refractivity contribution in [2.75, 3.05) is 26.7 Å². The molecule has 1 saturated heterocycles. The number of piperidine rings is 1. The van der Waals surface area contributed by atoms with E-state index in [0.717, 1.165) is 45.3 Å². The Labute approximate surface area is 206 Å². The Morgan fingerprint density at radius 2 is 1.74 bits per heavy atom. The topological polar surface area (TPSA) is 23.6 Å². The summed E-state index contributed by atoms with van der Waals surface area (Å²) >= 11 is 0. The van der Waals surface area contributed by atoms with Gasteiger partial charge in [0.15, 0.2) is 0 Å². The standard InChI is InChI=1S/C31H42N2O/c1-4-27-14-11-17-29(27)32(3)21-18-31(28-15-9-6-10-16-28)19-22-33(23-20-31)30(34)25(2)24-26-12-7-5-8-13-26/h4-10,12-13,15-16,25,29H,11,14,17-24H2,1-3H3. The van der Waals surface area contributed by atoms with Gasteiger partial charge in [-0.2, -0.15) is 0 Å². The van der Waals surface area contributed by atoms with E-state index in [1.165, 1.54) is 30.4 Å². The van der Waals surface area contributed by atoms with Gasteiger partial charge < -0.3 is 4.90 Å². The number of allylic oxidation sites excluding steroid dienone is 1. The van der Waals surface area contributed by atoms with Crippen molar-refractivity contribution in [3.05, 3.63) is 83.4 Å². The lowest BCUT2D eigenvalue weighted by Crippen LogP contribution is -2.48. The van der Waals surface area contributed by atoms with E-state index in [1.54, 1.807) is 5.57 Å². The van der Waals surface area contributed by atoms with Crippen LogP contribution in [-0.2, 0) is 16.6 Å². The summed E-state index contributed by atoms with van der Waals surface area (Å²) in [5, 5.41) is 0. The van der Waals surface area contributed by atoms with Crippen LogP contribution in [-0.4, -0.2) is 48.4 Å². The van der Waals surface area contributed by atoms with Crippen LogP contribution < -0.4 is 0 Å². The monoisotopic (exact) mass is 458 g/mol. The molecule has 34 heavy (non-hydrogen) atoms. The summed E-state index contributed by atoms with van der Waals surface area (Å²) in [6.45, 7) is 7.11. The van der Waals surface area contributed by atoms with Crippen molar-refractivity contribution in [3.63, 3.8) is 0 Å². The largest absolute Gasteiger partial charge is 0.342 e. The zero-order valence-corrected chi connectivity index (χ0v) is 21.4. The van der Waals surface area contributed by atoms with Crippen molar-refractivity contribution in [3.8, 4) is 0 Å². The van der Waals surface area contributed by atoms with Crippen LogP contribution in [0.25, 0.3) is 0 Å². The van der Waals surface area contributed by atoms with E-state index in [4.69, 9.17) is 0 Å². The summed E-state index contributed by atoms with van der Waals surface area (Å²) in [5.41, 5.74) is 4.47. The fourth-order valence-electron chi connectivity index (χ4n) is 6.23. The molecular weight excluding hydrogens is 416 g/mol. The molecule has 0 bridgehead atoms. The molecule has 4 rings (SSSR count). The highest BCUT2D eigenvalue weighted by molar-refractivity contribution is 5.79. The van der Waals surface area contributed by atoms with Gasteiger partial charge in [-0.15, -0.1) is 0 Å². The fourth-order valence-corrected chi connectivity index (χ4v) is 6.23. The van der Waals surface area contributed by atoms with Gasteiger partial charge >= 0.3 is 0 Å². The Morgan fingerprint density at radius 1 is 1.09 bits per heavy atom. The van der Waals surface area contributed by atoms with E-state index in [-0.39, 0.29) is 11.3 Å². The molecule has 1 aliphatic heterocycles. The lowest BCUT2D eigenvalue weighted by Gasteiger charge is -2.44. The molecule has 2 unspecified atom stereocenters. The first-order valence-corrected chi connectivity index (χ1v) is 13.3. The van der Waals surface area contributed by atoms with Crippen LogP contribution in [0.4, 0.5) is 0 Å². The highest BCUT2D eigenvalue weighted by Crippen LogP contribution is 2.40. The van der Waals surface area contributed by atoms with Crippen LogP contribution in [0.2, 0.25) is 0 Å². The van der Waals surface area contributed by atoms with Crippen molar-refractivity contribution < 1.29 is 4.79 Å². The van der Waals surface area contributed by atoms with Gasteiger partial charge in [-0.3, -0.25) is 9.69 Å². The molecule has 0 aromatic heterocycles. The van der Waals surface area contributed by atoms with Crippen LogP contribution >= 0.6 is 0 Å². The van der Waals surface area contributed by atoms with Gasteiger partial charge in [-0.05, 0) is 82.0 Å². The molecule has 2 aromatic carbocycles. The van der Waals surface area contributed by atoms with Gasteiger partial charge in [-0.1, -0.05) is 79.2 Å². The van der Waals surface area contributed by atoms with E-state index in [1.807, 2.05) is 6.07 Å². The van der Waals surface area contributed by atoms with Gasteiger partial charge in [0.1, 0.15) is 0 Å². The van der Waals surface area contributed by atoms with E-state index in [0.29, 0.717) is 11.9 Å². The number of likely N-dealkylation sites (tertiary alicyclic amines) is 1. The van der Waals surface area contributed by atoms with Crippen molar-refractivity contribution >= 4 is 5.91 Å². The van der Waals surface area contributed by atoms with Crippen LogP contribution in [0.15, 0.2) is 72.3 Å². The normalized spacial score (nSPS) is 22.3. The van der Waals surface area contributed by atoms with Crippen molar-refractivity contribution in [2.24, 2.45) is 5.92 Å². The molecule has 0 spiro atoms. The molecule has 2 atom stereocenters. The zero-order valence-electron chi connectivity index (χ0n) is 21.4. The van der Waals surface area contributed by atoms with Gasteiger partial charge in [0.2, 0.25) is 5.91 Å². The maximum atomic E-state index is 13.3. The number of hydrogen-bond acceptors (Lipinski definition) is 2. The van der Waals surface area contributed by atoms with Gasteiger partial charge in [0.25, 0.3) is 0 Å². The minimum atomic E-state index is 0.0272. The number of carbonyl (C=O) groups excluding carboxylic acids is 1. The second-order valence-electron chi connectivity index (χ2n) is 10.6. The predicted octanol–water partition coefficient (Wildman–Crippen LogP) is 6.25. The van der Waals surface area contributed by atoms with Crippen LogP contribution in [0.5, 0.6) is 0 Å².